The van der Waals surface area contributed by atoms with Gasteiger partial charge in [0.15, 0.2) is 5.13 Å². The highest BCUT2D eigenvalue weighted by atomic mass is 35.5. The van der Waals surface area contributed by atoms with Gasteiger partial charge in [0.1, 0.15) is 11.3 Å². The fourth-order valence-corrected chi connectivity index (χ4v) is 4.68. The first-order valence-corrected chi connectivity index (χ1v) is 10.9. The van der Waals surface area contributed by atoms with Crippen molar-refractivity contribution in [3.8, 4) is 5.75 Å². The van der Waals surface area contributed by atoms with Gasteiger partial charge in [-0.3, -0.25) is 9.69 Å². The zero-order valence-electron chi connectivity index (χ0n) is 16.4. The minimum atomic E-state index is 0. The number of rotatable bonds is 8. The summed E-state index contributed by atoms with van der Waals surface area (Å²) < 4.78 is 6.24. The maximum absolute atomic E-state index is 13.0. The second-order valence-electron chi connectivity index (χ2n) is 6.37. The van der Waals surface area contributed by atoms with E-state index in [1.807, 2.05) is 49.3 Å². The summed E-state index contributed by atoms with van der Waals surface area (Å²) in [5.41, 5.74) is 0.688. The standard InChI is InChI=1S/C20H22ClN3O2S2.ClH/c1-23(2)11-12-24(17(25)13-27-14-7-5-4-6-8-14)20-22-18-16(26-3)10-9-15(21)19(18)28-20;/h4-10H,11-13H2,1-3H3;1H. The third kappa shape index (κ3) is 5.99. The minimum absolute atomic E-state index is 0. The summed E-state index contributed by atoms with van der Waals surface area (Å²) in [7, 11) is 5.58. The van der Waals surface area contributed by atoms with Crippen LogP contribution in [0, 0.1) is 0 Å². The first kappa shape index (κ1) is 23.8. The van der Waals surface area contributed by atoms with Gasteiger partial charge in [-0.05, 0) is 38.4 Å². The Bertz CT molecular complexity index is 952. The highest BCUT2D eigenvalue weighted by Crippen LogP contribution is 2.38. The summed E-state index contributed by atoms with van der Waals surface area (Å²) in [5, 5.41) is 1.25. The van der Waals surface area contributed by atoms with Crippen LogP contribution in [0.1, 0.15) is 0 Å². The van der Waals surface area contributed by atoms with Crippen LogP contribution in [-0.4, -0.2) is 55.8 Å². The molecule has 1 aromatic heterocycles. The van der Waals surface area contributed by atoms with Crippen molar-refractivity contribution in [2.75, 3.05) is 44.9 Å². The van der Waals surface area contributed by atoms with Crippen molar-refractivity contribution >= 4 is 68.4 Å². The fourth-order valence-electron chi connectivity index (χ4n) is 2.59. The van der Waals surface area contributed by atoms with Gasteiger partial charge in [-0.2, -0.15) is 0 Å². The van der Waals surface area contributed by atoms with E-state index in [0.29, 0.717) is 33.7 Å². The second-order valence-corrected chi connectivity index (χ2v) is 8.81. The average molecular weight is 472 g/mol. The molecule has 0 bridgehead atoms. The molecule has 0 saturated heterocycles. The molecule has 2 aromatic carbocycles. The number of aromatic nitrogens is 1. The highest BCUT2D eigenvalue weighted by Gasteiger charge is 2.22. The van der Waals surface area contributed by atoms with Crippen LogP contribution >= 0.6 is 47.1 Å². The Morgan fingerprint density at radius 2 is 1.90 bits per heavy atom. The Kier molecular flexibility index (Phi) is 9.04. The molecular formula is C20H23Cl2N3O2S2. The Labute approximate surface area is 190 Å². The van der Waals surface area contributed by atoms with Crippen molar-refractivity contribution in [1.29, 1.82) is 0 Å². The number of methoxy groups -OCH3 is 1. The summed E-state index contributed by atoms with van der Waals surface area (Å²) in [4.78, 5) is 22.6. The van der Waals surface area contributed by atoms with E-state index in [-0.39, 0.29) is 18.3 Å². The third-order valence-electron chi connectivity index (χ3n) is 4.08. The Hall–Kier alpha value is -1.51. The van der Waals surface area contributed by atoms with E-state index >= 15 is 0 Å². The maximum atomic E-state index is 13.0. The first-order valence-electron chi connectivity index (χ1n) is 8.75. The van der Waals surface area contributed by atoms with Crippen molar-refractivity contribution in [3.63, 3.8) is 0 Å². The molecule has 1 amide bonds. The smallest absolute Gasteiger partial charge is 0.239 e. The molecule has 0 spiro atoms. The molecular weight excluding hydrogens is 449 g/mol. The molecule has 5 nitrogen and oxygen atoms in total. The van der Waals surface area contributed by atoms with Gasteiger partial charge in [-0.1, -0.05) is 41.1 Å². The Balaban J connectivity index is 0.00000300. The number of halogens is 2. The summed E-state index contributed by atoms with van der Waals surface area (Å²) in [5.74, 6) is 1.02. The van der Waals surface area contributed by atoms with Gasteiger partial charge in [-0.25, -0.2) is 4.98 Å². The highest BCUT2D eigenvalue weighted by molar-refractivity contribution is 8.00. The predicted molar refractivity (Wildman–Crippen MR) is 127 cm³/mol. The van der Waals surface area contributed by atoms with Crippen molar-refractivity contribution < 1.29 is 9.53 Å². The van der Waals surface area contributed by atoms with Crippen molar-refractivity contribution in [3.05, 3.63) is 47.5 Å². The quantitative estimate of drug-likeness (QED) is 0.429. The predicted octanol–water partition coefficient (Wildman–Crippen LogP) is 5.07. The number of ether oxygens (including phenoxy) is 1. The maximum Gasteiger partial charge on any atom is 0.239 e. The summed E-state index contributed by atoms with van der Waals surface area (Å²) in [6.07, 6.45) is 0. The van der Waals surface area contributed by atoms with Gasteiger partial charge in [0.2, 0.25) is 5.91 Å². The van der Waals surface area contributed by atoms with E-state index in [4.69, 9.17) is 16.3 Å². The number of hydrogen-bond acceptors (Lipinski definition) is 6. The summed E-state index contributed by atoms with van der Waals surface area (Å²) in [6, 6.07) is 13.5. The van der Waals surface area contributed by atoms with Gasteiger partial charge in [0.05, 0.1) is 22.6 Å². The largest absolute Gasteiger partial charge is 0.494 e. The molecule has 0 unspecified atom stereocenters. The normalized spacial score (nSPS) is 10.8. The van der Waals surface area contributed by atoms with E-state index in [9.17, 15) is 4.79 Å². The van der Waals surface area contributed by atoms with Crippen LogP contribution in [-0.2, 0) is 4.79 Å². The molecule has 0 fully saturated rings. The number of anilines is 1. The van der Waals surface area contributed by atoms with Crippen LogP contribution in [0.2, 0.25) is 5.02 Å². The van der Waals surface area contributed by atoms with E-state index in [1.165, 1.54) is 23.1 Å². The van der Waals surface area contributed by atoms with Crippen LogP contribution in [0.4, 0.5) is 5.13 Å². The van der Waals surface area contributed by atoms with Gasteiger partial charge in [0.25, 0.3) is 0 Å². The summed E-state index contributed by atoms with van der Waals surface area (Å²) >= 11 is 9.29. The Morgan fingerprint density at radius 1 is 1.17 bits per heavy atom. The lowest BCUT2D eigenvalue weighted by Crippen LogP contribution is -2.37. The van der Waals surface area contributed by atoms with Crippen LogP contribution in [0.15, 0.2) is 47.4 Å². The molecule has 3 aromatic rings. The topological polar surface area (TPSA) is 45.7 Å². The number of fused-ring (bicyclic) bond motifs is 1. The zero-order valence-corrected chi connectivity index (χ0v) is 19.6. The number of nitrogens with zero attached hydrogens (tertiary/aromatic N) is 3. The van der Waals surface area contributed by atoms with Crippen LogP contribution in [0.25, 0.3) is 10.2 Å². The second kappa shape index (κ2) is 11.0. The van der Waals surface area contributed by atoms with Gasteiger partial charge in [0, 0.05) is 18.0 Å². The molecule has 0 aliphatic rings. The molecule has 1 heterocycles. The van der Waals surface area contributed by atoms with E-state index in [1.54, 1.807) is 24.1 Å². The molecule has 0 aliphatic heterocycles. The SMILES string of the molecule is COc1ccc(Cl)c2sc(N(CCN(C)C)C(=O)CSc3ccccc3)nc12.Cl. The zero-order chi connectivity index (χ0) is 20.1. The molecule has 0 N–H and O–H groups in total. The monoisotopic (exact) mass is 471 g/mol. The molecule has 156 valence electrons. The van der Waals surface area contributed by atoms with E-state index in [2.05, 4.69) is 4.98 Å². The fraction of sp³-hybridized carbons (Fsp3) is 0.300. The number of thioether (sulfide) groups is 1. The van der Waals surface area contributed by atoms with Gasteiger partial charge >= 0.3 is 0 Å². The van der Waals surface area contributed by atoms with Crippen molar-refractivity contribution in [2.45, 2.75) is 4.90 Å². The Morgan fingerprint density at radius 3 is 2.55 bits per heavy atom. The van der Waals surface area contributed by atoms with E-state index in [0.717, 1.165) is 16.1 Å². The number of benzene rings is 2. The van der Waals surface area contributed by atoms with Crippen LogP contribution in [0.3, 0.4) is 0 Å². The number of carbonyl (C=O) groups excluding carboxylic acids is 1. The molecule has 0 aliphatic carbocycles. The van der Waals surface area contributed by atoms with Crippen molar-refractivity contribution in [2.24, 2.45) is 0 Å². The lowest BCUT2D eigenvalue weighted by molar-refractivity contribution is -0.116. The number of thiazole rings is 1. The average Bonchev–Trinajstić information content (AvgIpc) is 3.13. The summed E-state index contributed by atoms with van der Waals surface area (Å²) in [6.45, 7) is 1.30. The molecule has 0 radical (unpaired) electrons. The van der Waals surface area contributed by atoms with Crippen LogP contribution in [0.5, 0.6) is 5.75 Å². The number of amides is 1. The van der Waals surface area contributed by atoms with Crippen LogP contribution < -0.4 is 9.64 Å². The van der Waals surface area contributed by atoms with E-state index < -0.39 is 0 Å². The number of hydrogen-bond donors (Lipinski definition) is 0. The minimum Gasteiger partial charge on any atom is -0.494 e. The molecule has 3 rings (SSSR count). The molecule has 9 heteroatoms. The number of carbonyl (C=O) groups is 1. The number of likely N-dealkylation sites (N-methyl/N-ethyl adjacent to an activating group) is 1. The lowest BCUT2D eigenvalue weighted by Gasteiger charge is -2.21. The molecule has 0 saturated carbocycles. The van der Waals surface area contributed by atoms with Gasteiger partial charge < -0.3 is 9.64 Å². The van der Waals surface area contributed by atoms with Gasteiger partial charge in [-0.15, -0.1) is 24.2 Å². The lowest BCUT2D eigenvalue weighted by atomic mass is 10.3. The molecule has 0 atom stereocenters. The first-order chi connectivity index (χ1) is 13.5. The molecule has 29 heavy (non-hydrogen) atoms. The third-order valence-corrected chi connectivity index (χ3v) is 6.61. The van der Waals surface area contributed by atoms with Crippen molar-refractivity contribution in [1.82, 2.24) is 9.88 Å².